The van der Waals surface area contributed by atoms with E-state index in [1.165, 1.54) is 0 Å². The first-order valence-electron chi connectivity index (χ1n) is 8.29. The third-order valence-corrected chi connectivity index (χ3v) is 5.16. The minimum absolute atomic E-state index is 0.107. The Hall–Kier alpha value is -2.22. The van der Waals surface area contributed by atoms with Gasteiger partial charge < -0.3 is 10.2 Å². The molecule has 2 N–H and O–H groups in total. The van der Waals surface area contributed by atoms with Gasteiger partial charge in [0, 0.05) is 11.1 Å². The van der Waals surface area contributed by atoms with Crippen LogP contribution >= 0.6 is 0 Å². The van der Waals surface area contributed by atoms with Crippen molar-refractivity contribution in [3.05, 3.63) is 46.5 Å². The van der Waals surface area contributed by atoms with E-state index in [0.29, 0.717) is 26.0 Å². The summed E-state index contributed by atoms with van der Waals surface area (Å²) in [5.41, 5.74) is -15.9. The fourth-order valence-electron chi connectivity index (χ4n) is 3.42. The van der Waals surface area contributed by atoms with Crippen molar-refractivity contribution < 1.29 is 62.9 Å². The van der Waals surface area contributed by atoms with E-state index in [1.54, 1.807) is 0 Å². The molecular formula is C18H12F12O2. The van der Waals surface area contributed by atoms with Crippen LogP contribution in [0.1, 0.15) is 22.3 Å². The molecule has 2 rings (SSSR count). The summed E-state index contributed by atoms with van der Waals surface area (Å²) in [5, 5.41) is 18.0. The van der Waals surface area contributed by atoms with Crippen molar-refractivity contribution in [3.63, 3.8) is 0 Å². The number of halogens is 12. The van der Waals surface area contributed by atoms with Crippen LogP contribution in [0.5, 0.6) is 0 Å². The average molecular weight is 488 g/mol. The van der Waals surface area contributed by atoms with Crippen molar-refractivity contribution in [1.29, 1.82) is 0 Å². The third-order valence-electron chi connectivity index (χ3n) is 5.16. The van der Waals surface area contributed by atoms with Crippen molar-refractivity contribution in [2.45, 2.75) is 49.8 Å². The molecule has 0 aliphatic rings. The Morgan fingerprint density at radius 1 is 0.469 bits per heavy atom. The number of aryl methyl sites for hydroxylation is 2. The molecule has 0 radical (unpaired) electrons. The molecule has 32 heavy (non-hydrogen) atoms. The number of fused-ring (bicyclic) bond motifs is 1. The second-order valence-corrected chi connectivity index (χ2v) is 6.98. The molecule has 0 unspecified atom stereocenters. The normalized spacial score (nSPS) is 14.9. The van der Waals surface area contributed by atoms with Gasteiger partial charge in [-0.1, -0.05) is 24.3 Å². The second-order valence-electron chi connectivity index (χ2n) is 6.98. The highest BCUT2D eigenvalue weighted by Crippen LogP contribution is 2.54. The van der Waals surface area contributed by atoms with E-state index < -0.39 is 68.9 Å². The molecule has 0 saturated carbocycles. The van der Waals surface area contributed by atoms with Gasteiger partial charge in [0.1, 0.15) is 0 Å². The highest BCUT2D eigenvalue weighted by atomic mass is 19.4. The van der Waals surface area contributed by atoms with Crippen molar-refractivity contribution in [2.75, 3.05) is 0 Å². The number of rotatable bonds is 2. The number of alkyl halides is 12. The first-order valence-corrected chi connectivity index (χ1v) is 8.29. The van der Waals surface area contributed by atoms with Gasteiger partial charge in [-0.15, -0.1) is 0 Å². The van der Waals surface area contributed by atoms with Crippen LogP contribution in [-0.4, -0.2) is 34.9 Å². The van der Waals surface area contributed by atoms with Gasteiger partial charge in [0.05, 0.1) is 0 Å². The highest BCUT2D eigenvalue weighted by molar-refractivity contribution is 5.90. The summed E-state index contributed by atoms with van der Waals surface area (Å²) >= 11 is 0. The lowest BCUT2D eigenvalue weighted by Crippen LogP contribution is -2.54. The summed E-state index contributed by atoms with van der Waals surface area (Å²) in [4.78, 5) is 0. The summed E-state index contributed by atoms with van der Waals surface area (Å²) in [7, 11) is 0. The first-order chi connectivity index (χ1) is 14.0. The summed E-state index contributed by atoms with van der Waals surface area (Å²) in [5.74, 6) is 0. The van der Waals surface area contributed by atoms with Gasteiger partial charge in [-0.2, -0.15) is 52.7 Å². The van der Waals surface area contributed by atoms with Gasteiger partial charge >= 0.3 is 24.7 Å². The molecule has 0 fully saturated rings. The lowest BCUT2D eigenvalue weighted by Gasteiger charge is -2.35. The average Bonchev–Trinajstić information content (AvgIpc) is 2.57. The fourth-order valence-corrected chi connectivity index (χ4v) is 3.42. The van der Waals surface area contributed by atoms with E-state index in [1.807, 2.05) is 0 Å². The van der Waals surface area contributed by atoms with Crippen LogP contribution < -0.4 is 0 Å². The zero-order chi connectivity index (χ0) is 25.3. The molecule has 0 aromatic heterocycles. The Kier molecular flexibility index (Phi) is 5.81. The van der Waals surface area contributed by atoms with Crippen LogP contribution in [-0.2, 0) is 11.2 Å². The molecule has 0 heterocycles. The third kappa shape index (κ3) is 3.47. The maximum Gasteiger partial charge on any atom is 0.430 e. The van der Waals surface area contributed by atoms with Crippen LogP contribution in [0.4, 0.5) is 52.7 Å². The summed E-state index contributed by atoms with van der Waals surface area (Å²) in [6.45, 7) is 1.36. The lowest BCUT2D eigenvalue weighted by atomic mass is 9.82. The summed E-state index contributed by atoms with van der Waals surface area (Å²) in [6, 6.07) is 1.03. The van der Waals surface area contributed by atoms with Crippen molar-refractivity contribution in [3.8, 4) is 0 Å². The molecular weight excluding hydrogens is 476 g/mol. The number of hydrogen-bond donors (Lipinski definition) is 2. The van der Waals surface area contributed by atoms with Crippen LogP contribution in [0.3, 0.4) is 0 Å². The van der Waals surface area contributed by atoms with Crippen molar-refractivity contribution in [2.24, 2.45) is 0 Å². The maximum absolute atomic E-state index is 13.2. The molecule has 0 spiro atoms. The van der Waals surface area contributed by atoms with Crippen molar-refractivity contribution >= 4 is 10.8 Å². The Labute approximate surface area is 171 Å². The zero-order valence-corrected chi connectivity index (χ0v) is 15.7. The molecule has 2 aromatic rings. The van der Waals surface area contributed by atoms with E-state index in [9.17, 15) is 62.9 Å². The predicted molar refractivity (Wildman–Crippen MR) is 85.4 cm³/mol. The topological polar surface area (TPSA) is 40.5 Å². The van der Waals surface area contributed by atoms with E-state index in [-0.39, 0.29) is 12.1 Å². The van der Waals surface area contributed by atoms with Crippen molar-refractivity contribution in [1.82, 2.24) is 0 Å². The van der Waals surface area contributed by atoms with Gasteiger partial charge in [-0.3, -0.25) is 0 Å². The van der Waals surface area contributed by atoms with Gasteiger partial charge in [-0.25, -0.2) is 0 Å². The van der Waals surface area contributed by atoms with Crippen LogP contribution in [0.25, 0.3) is 10.8 Å². The quantitative estimate of drug-likeness (QED) is 0.504. The minimum atomic E-state index is -6.26. The zero-order valence-electron chi connectivity index (χ0n) is 15.7. The predicted octanol–water partition coefficient (Wildman–Crippen LogP) is 6.08. The largest absolute Gasteiger partial charge is 0.430 e. The Bertz CT molecular complexity index is 917. The Balaban J connectivity index is 2.93. The van der Waals surface area contributed by atoms with Crippen LogP contribution in [0.15, 0.2) is 24.3 Å². The van der Waals surface area contributed by atoms with E-state index >= 15 is 0 Å². The monoisotopic (exact) mass is 488 g/mol. The first kappa shape index (κ1) is 26.0. The molecule has 0 atom stereocenters. The number of hydrogen-bond acceptors (Lipinski definition) is 2. The van der Waals surface area contributed by atoms with Gasteiger partial charge in [0.2, 0.25) is 0 Å². The van der Waals surface area contributed by atoms with E-state index in [2.05, 4.69) is 0 Å². The van der Waals surface area contributed by atoms with Gasteiger partial charge in [0.25, 0.3) is 11.2 Å². The molecule has 0 bridgehead atoms. The molecule has 0 aliphatic carbocycles. The fraction of sp³-hybridized carbons (Fsp3) is 0.444. The lowest BCUT2D eigenvalue weighted by molar-refractivity contribution is -0.377. The summed E-state index contributed by atoms with van der Waals surface area (Å²) < 4.78 is 158. The molecule has 2 aromatic carbocycles. The molecule has 180 valence electrons. The van der Waals surface area contributed by atoms with Gasteiger partial charge in [-0.05, 0) is 35.7 Å². The van der Waals surface area contributed by atoms with E-state index in [4.69, 9.17) is 0 Å². The van der Waals surface area contributed by atoms with E-state index in [0.717, 1.165) is 0 Å². The second kappa shape index (κ2) is 7.14. The number of benzene rings is 2. The number of aliphatic hydroxyl groups is 2. The molecule has 14 heteroatoms. The molecule has 0 saturated heterocycles. The molecule has 0 amide bonds. The smallest absolute Gasteiger partial charge is 0.369 e. The van der Waals surface area contributed by atoms with Gasteiger partial charge in [0.15, 0.2) is 0 Å². The molecule has 0 aliphatic heterocycles. The summed E-state index contributed by atoms with van der Waals surface area (Å²) in [6.07, 6.45) is -25.0. The SMILES string of the molecule is Cc1c(C(O)(C(F)(F)F)C(F)(F)F)ccc2c(C)c(C(O)(C(F)(F)F)C(F)(F)F)ccc12. The Morgan fingerprint density at radius 3 is 0.875 bits per heavy atom. The van der Waals surface area contributed by atoms with Crippen LogP contribution in [0, 0.1) is 13.8 Å². The maximum atomic E-state index is 13.2. The molecule has 2 nitrogen and oxygen atoms in total. The standard InChI is InChI=1S/C18H12F12O2/c1-7-9-3-6-12(14(32,17(25,26)27)18(28,29)30)8(2)10(9)4-5-11(7)13(31,15(19,20)21)16(22,23)24/h3-6,31-32H,1-2H3. The Morgan fingerprint density at radius 2 is 0.688 bits per heavy atom. The minimum Gasteiger partial charge on any atom is -0.369 e. The van der Waals surface area contributed by atoms with Crippen LogP contribution in [0.2, 0.25) is 0 Å². The highest BCUT2D eigenvalue weighted by Gasteiger charge is 2.73.